The van der Waals surface area contributed by atoms with Gasteiger partial charge in [-0.3, -0.25) is 0 Å². The predicted octanol–water partition coefficient (Wildman–Crippen LogP) is 4.47. The van der Waals surface area contributed by atoms with E-state index < -0.39 is 10.1 Å². The minimum absolute atomic E-state index is 0.0466. The van der Waals surface area contributed by atoms with Crippen LogP contribution in [0.1, 0.15) is 37.5 Å². The molecule has 0 saturated carbocycles. The maximum atomic E-state index is 12.8. The fraction of sp³-hybridized carbons (Fsp3) is 0.381. The van der Waals surface area contributed by atoms with Gasteiger partial charge in [-0.1, -0.05) is 29.8 Å². The average Bonchev–Trinajstić information content (AvgIpc) is 2.61. The molecule has 2 aromatic carbocycles. The first-order chi connectivity index (χ1) is 13.1. The maximum absolute atomic E-state index is 12.8. The summed E-state index contributed by atoms with van der Waals surface area (Å²) < 4.78 is 28.4. The van der Waals surface area contributed by atoms with E-state index in [4.69, 9.17) is 4.18 Å². The van der Waals surface area contributed by atoms with Gasteiger partial charge in [-0.15, -0.1) is 0 Å². The number of carbonyl (C=O) groups excluding carboxylic acids is 1. The molecule has 152 valence electrons. The highest BCUT2D eigenvalue weighted by Crippen LogP contribution is 2.20. The van der Waals surface area contributed by atoms with E-state index in [1.165, 1.54) is 6.92 Å². The van der Waals surface area contributed by atoms with Gasteiger partial charge in [0.15, 0.2) is 0 Å². The normalized spacial score (nSPS) is 11.4. The fourth-order valence-corrected chi connectivity index (χ4v) is 3.24. The molecule has 28 heavy (non-hydrogen) atoms. The fourth-order valence-electron chi connectivity index (χ4n) is 2.73. The Bertz CT molecular complexity index is 939. The van der Waals surface area contributed by atoms with E-state index in [1.54, 1.807) is 23.1 Å². The molecule has 1 N–H and O–H groups in total. The Balaban J connectivity index is 2.17. The number of carbonyl (C=O) groups is 1. The zero-order chi connectivity index (χ0) is 20.9. The summed E-state index contributed by atoms with van der Waals surface area (Å²) in [5, 5.41) is 2.96. The van der Waals surface area contributed by atoms with E-state index in [0.29, 0.717) is 6.54 Å². The number of rotatable bonds is 7. The molecule has 0 heterocycles. The number of nitrogens with zero attached hydrogens (tertiary/aromatic N) is 1. The van der Waals surface area contributed by atoms with E-state index in [-0.39, 0.29) is 23.6 Å². The molecular weight excluding hydrogens is 376 g/mol. The lowest BCUT2D eigenvalue weighted by molar-refractivity contribution is 0.193. The monoisotopic (exact) mass is 404 g/mol. The number of amides is 2. The van der Waals surface area contributed by atoms with Crippen molar-refractivity contribution in [1.82, 2.24) is 4.90 Å². The van der Waals surface area contributed by atoms with Crippen molar-refractivity contribution in [3.8, 4) is 5.75 Å². The molecule has 7 heteroatoms. The topological polar surface area (TPSA) is 75.7 Å². The molecule has 0 aliphatic carbocycles. The zero-order valence-electron chi connectivity index (χ0n) is 17.0. The van der Waals surface area contributed by atoms with E-state index in [0.717, 1.165) is 22.4 Å². The van der Waals surface area contributed by atoms with Crippen molar-refractivity contribution in [1.29, 1.82) is 0 Å². The molecule has 6 nitrogen and oxygen atoms in total. The molecular formula is C21H28N2O4S. The minimum atomic E-state index is -3.59. The summed E-state index contributed by atoms with van der Waals surface area (Å²) in [6.45, 7) is 9.69. The van der Waals surface area contributed by atoms with Crippen LogP contribution in [0.3, 0.4) is 0 Å². The molecule has 0 spiro atoms. The second-order valence-corrected chi connectivity index (χ2v) is 8.91. The highest BCUT2D eigenvalue weighted by atomic mass is 32.2. The summed E-state index contributed by atoms with van der Waals surface area (Å²) in [7, 11) is -3.59. The SMILES string of the molecule is CCS(=O)(=O)Oc1cccc(CN(C(=O)Nc2ccc(C)cc2C)C(C)C)c1. The molecule has 0 atom stereocenters. The van der Waals surface area contributed by atoms with Gasteiger partial charge in [0.05, 0.1) is 5.75 Å². The number of nitrogens with one attached hydrogen (secondary N) is 1. The van der Waals surface area contributed by atoms with Gasteiger partial charge in [-0.25, -0.2) is 4.79 Å². The molecule has 0 aliphatic heterocycles. The number of hydrogen-bond donors (Lipinski definition) is 1. The van der Waals surface area contributed by atoms with Crippen molar-refractivity contribution in [2.45, 2.75) is 47.2 Å². The Kier molecular flexibility index (Phi) is 7.07. The van der Waals surface area contributed by atoms with E-state index in [2.05, 4.69) is 5.32 Å². The summed E-state index contributed by atoms with van der Waals surface area (Å²) in [4.78, 5) is 14.5. The second-order valence-electron chi connectivity index (χ2n) is 7.05. The Morgan fingerprint density at radius 1 is 1.14 bits per heavy atom. The Morgan fingerprint density at radius 3 is 2.46 bits per heavy atom. The lowest BCUT2D eigenvalue weighted by Crippen LogP contribution is -2.39. The van der Waals surface area contributed by atoms with Crippen molar-refractivity contribution in [3.63, 3.8) is 0 Å². The highest BCUT2D eigenvalue weighted by Gasteiger charge is 2.19. The van der Waals surface area contributed by atoms with Crippen molar-refractivity contribution in [3.05, 3.63) is 59.2 Å². The molecule has 0 aliphatic rings. The largest absolute Gasteiger partial charge is 0.382 e. The third-order valence-corrected chi connectivity index (χ3v) is 5.49. The lowest BCUT2D eigenvalue weighted by atomic mass is 10.1. The van der Waals surface area contributed by atoms with Gasteiger partial charge < -0.3 is 14.4 Å². The molecule has 0 aromatic heterocycles. The molecule has 2 aromatic rings. The van der Waals surface area contributed by atoms with E-state index >= 15 is 0 Å². The molecule has 0 unspecified atom stereocenters. The van der Waals surface area contributed by atoms with E-state index in [9.17, 15) is 13.2 Å². The molecule has 2 rings (SSSR count). The van der Waals surface area contributed by atoms with Crippen LogP contribution in [0.4, 0.5) is 10.5 Å². The van der Waals surface area contributed by atoms with Gasteiger partial charge >= 0.3 is 16.1 Å². The third-order valence-electron chi connectivity index (χ3n) is 4.34. The van der Waals surface area contributed by atoms with Gasteiger partial charge in [0, 0.05) is 18.3 Å². The summed E-state index contributed by atoms with van der Waals surface area (Å²) in [6, 6.07) is 12.4. The molecule has 2 amide bonds. The number of benzene rings is 2. The first kappa shape index (κ1) is 21.8. The Morgan fingerprint density at radius 2 is 1.86 bits per heavy atom. The van der Waals surface area contributed by atoms with Gasteiger partial charge in [0.1, 0.15) is 5.75 Å². The summed E-state index contributed by atoms with van der Waals surface area (Å²) >= 11 is 0. The maximum Gasteiger partial charge on any atom is 0.322 e. The van der Waals surface area contributed by atoms with Crippen LogP contribution in [-0.2, 0) is 16.7 Å². The highest BCUT2D eigenvalue weighted by molar-refractivity contribution is 7.87. The van der Waals surface area contributed by atoms with Crippen molar-refractivity contribution < 1.29 is 17.4 Å². The summed E-state index contributed by atoms with van der Waals surface area (Å²) in [6.07, 6.45) is 0. The minimum Gasteiger partial charge on any atom is -0.382 e. The summed E-state index contributed by atoms with van der Waals surface area (Å²) in [5.74, 6) is 0.144. The van der Waals surface area contributed by atoms with Crippen LogP contribution < -0.4 is 9.50 Å². The number of urea groups is 1. The third kappa shape index (κ3) is 5.99. The van der Waals surface area contributed by atoms with Crippen LogP contribution in [0.2, 0.25) is 0 Å². The molecule has 0 fully saturated rings. The quantitative estimate of drug-likeness (QED) is 0.691. The van der Waals surface area contributed by atoms with Crippen molar-refractivity contribution in [2.24, 2.45) is 0 Å². The lowest BCUT2D eigenvalue weighted by Gasteiger charge is -2.27. The van der Waals surface area contributed by atoms with Gasteiger partial charge in [-0.2, -0.15) is 8.42 Å². The first-order valence-electron chi connectivity index (χ1n) is 9.27. The standard InChI is InChI=1S/C21H28N2O4S/c1-6-28(25,26)27-19-9-7-8-18(13-19)14-23(15(2)3)21(24)22-20-11-10-16(4)12-17(20)5/h7-13,15H,6,14H2,1-5H3,(H,22,24). The van der Waals surface area contributed by atoms with Gasteiger partial charge in [-0.05, 0) is 63.9 Å². The van der Waals surface area contributed by atoms with Crippen LogP contribution in [0.25, 0.3) is 0 Å². The average molecular weight is 405 g/mol. The van der Waals surface area contributed by atoms with Crippen LogP contribution in [-0.4, -0.2) is 31.1 Å². The Hall–Kier alpha value is -2.54. The number of hydrogen-bond acceptors (Lipinski definition) is 4. The molecule has 0 saturated heterocycles. The Labute approximate surface area is 167 Å². The van der Waals surface area contributed by atoms with Gasteiger partial charge in [0.25, 0.3) is 0 Å². The molecule has 0 radical (unpaired) electrons. The van der Waals surface area contributed by atoms with Crippen LogP contribution in [0.5, 0.6) is 5.75 Å². The van der Waals surface area contributed by atoms with Crippen LogP contribution in [0, 0.1) is 13.8 Å². The predicted molar refractivity (Wildman–Crippen MR) is 112 cm³/mol. The number of aryl methyl sites for hydroxylation is 2. The molecule has 0 bridgehead atoms. The van der Waals surface area contributed by atoms with Gasteiger partial charge in [0.2, 0.25) is 0 Å². The van der Waals surface area contributed by atoms with E-state index in [1.807, 2.05) is 52.0 Å². The zero-order valence-corrected chi connectivity index (χ0v) is 17.8. The van der Waals surface area contributed by atoms with Crippen LogP contribution >= 0.6 is 0 Å². The van der Waals surface area contributed by atoms with Crippen molar-refractivity contribution in [2.75, 3.05) is 11.1 Å². The number of anilines is 1. The second kappa shape index (κ2) is 9.10. The van der Waals surface area contributed by atoms with Crippen molar-refractivity contribution >= 4 is 21.8 Å². The summed E-state index contributed by atoms with van der Waals surface area (Å²) in [5.41, 5.74) is 3.69. The van der Waals surface area contributed by atoms with Crippen LogP contribution in [0.15, 0.2) is 42.5 Å². The smallest absolute Gasteiger partial charge is 0.322 e. The first-order valence-corrected chi connectivity index (χ1v) is 10.8.